The van der Waals surface area contributed by atoms with E-state index in [-0.39, 0.29) is 17.7 Å². The van der Waals surface area contributed by atoms with Crippen molar-refractivity contribution >= 4 is 11.6 Å². The number of fused-ring (bicyclic) bond motifs is 1. The minimum Gasteiger partial charge on any atom is -0.384 e. The Hall–Kier alpha value is -3.20. The molecule has 31 heavy (non-hydrogen) atoms. The van der Waals surface area contributed by atoms with E-state index in [2.05, 4.69) is 10.2 Å². The van der Waals surface area contributed by atoms with Crippen LogP contribution in [-0.2, 0) is 25.2 Å². The molecule has 1 amide bonds. The third kappa shape index (κ3) is 3.03. The van der Waals surface area contributed by atoms with Gasteiger partial charge in [0.25, 0.3) is 5.91 Å². The van der Waals surface area contributed by atoms with Crippen molar-refractivity contribution in [2.45, 2.75) is 37.1 Å². The molecule has 0 bridgehead atoms. The minimum atomic E-state index is -4.53. The van der Waals surface area contributed by atoms with Gasteiger partial charge in [0, 0.05) is 23.7 Å². The molecule has 0 radical (unpaired) electrons. The van der Waals surface area contributed by atoms with E-state index in [0.717, 1.165) is 24.5 Å². The Balaban J connectivity index is 1.49. The van der Waals surface area contributed by atoms with Crippen molar-refractivity contribution in [2.24, 2.45) is 7.05 Å². The molecule has 160 valence electrons. The summed E-state index contributed by atoms with van der Waals surface area (Å²) < 4.78 is 41.9. The third-order valence-corrected chi connectivity index (χ3v) is 6.31. The molecule has 1 aromatic heterocycles. The number of aromatic nitrogens is 3. The van der Waals surface area contributed by atoms with E-state index in [0.29, 0.717) is 11.5 Å². The van der Waals surface area contributed by atoms with E-state index in [1.807, 2.05) is 6.07 Å². The average Bonchev–Trinajstić information content (AvgIpc) is 3.34. The third-order valence-electron chi connectivity index (χ3n) is 6.31. The van der Waals surface area contributed by atoms with E-state index < -0.39 is 29.2 Å². The Morgan fingerprint density at radius 2 is 1.90 bits per heavy atom. The lowest BCUT2D eigenvalue weighted by Crippen LogP contribution is -2.25. The van der Waals surface area contributed by atoms with Gasteiger partial charge in [-0.2, -0.15) is 13.2 Å². The molecule has 1 N–H and O–H groups in total. The van der Waals surface area contributed by atoms with Gasteiger partial charge in [0.2, 0.25) is 0 Å². The number of aliphatic hydroxyl groups is 1. The van der Waals surface area contributed by atoms with Crippen LogP contribution in [0.5, 0.6) is 0 Å². The zero-order valence-electron chi connectivity index (χ0n) is 16.6. The molecule has 1 atom stereocenters. The van der Waals surface area contributed by atoms with E-state index in [1.54, 1.807) is 29.8 Å². The summed E-state index contributed by atoms with van der Waals surface area (Å²) in [7, 11) is 1.75. The van der Waals surface area contributed by atoms with E-state index in [9.17, 15) is 23.1 Å². The minimum absolute atomic E-state index is 0.00865. The highest BCUT2D eigenvalue weighted by molar-refractivity contribution is 6.10. The molecule has 2 heterocycles. The molecule has 2 aromatic carbocycles. The molecule has 3 aromatic rings. The topological polar surface area (TPSA) is 71.2 Å². The predicted octanol–water partition coefficient (Wildman–Crippen LogP) is 3.76. The molecule has 1 fully saturated rings. The number of nitrogens with zero attached hydrogens (tertiary/aromatic N) is 4. The second-order valence-electron chi connectivity index (χ2n) is 8.13. The second kappa shape index (κ2) is 6.65. The van der Waals surface area contributed by atoms with Gasteiger partial charge in [0.05, 0.1) is 12.1 Å². The number of anilines is 1. The summed E-state index contributed by atoms with van der Waals surface area (Å²) in [6.07, 6.45) is -2.42. The molecular formula is C22H19F3N4O2. The molecule has 1 aliphatic heterocycles. The molecule has 2 aliphatic rings. The highest BCUT2D eigenvalue weighted by Crippen LogP contribution is 2.56. The van der Waals surface area contributed by atoms with Gasteiger partial charge < -0.3 is 14.6 Å². The molecular weight excluding hydrogens is 409 g/mol. The van der Waals surface area contributed by atoms with Crippen LogP contribution in [0, 0.1) is 0 Å². The molecule has 1 aliphatic carbocycles. The quantitative estimate of drug-likeness (QED) is 0.687. The lowest BCUT2D eigenvalue weighted by Gasteiger charge is -2.24. The fraction of sp³-hybridized carbons (Fsp3) is 0.318. The van der Waals surface area contributed by atoms with Crippen LogP contribution in [0.3, 0.4) is 0 Å². The van der Waals surface area contributed by atoms with Crippen LogP contribution in [-0.4, -0.2) is 25.8 Å². The van der Waals surface area contributed by atoms with E-state index >= 15 is 0 Å². The van der Waals surface area contributed by atoms with Gasteiger partial charge in [0.1, 0.15) is 12.4 Å². The Kier molecular flexibility index (Phi) is 4.23. The van der Waals surface area contributed by atoms with Crippen molar-refractivity contribution in [3.63, 3.8) is 0 Å². The van der Waals surface area contributed by atoms with Gasteiger partial charge in [-0.1, -0.05) is 18.2 Å². The van der Waals surface area contributed by atoms with Crippen LogP contribution in [0.2, 0.25) is 0 Å². The highest BCUT2D eigenvalue weighted by atomic mass is 19.4. The number of amides is 1. The summed E-state index contributed by atoms with van der Waals surface area (Å²) in [6, 6.07) is 10.8. The van der Waals surface area contributed by atoms with Crippen LogP contribution in [0.15, 0.2) is 48.8 Å². The van der Waals surface area contributed by atoms with Crippen LogP contribution in [0.1, 0.15) is 51.8 Å². The summed E-state index contributed by atoms with van der Waals surface area (Å²) in [4.78, 5) is 14.3. The van der Waals surface area contributed by atoms with Crippen molar-refractivity contribution in [3.8, 4) is 0 Å². The summed E-state index contributed by atoms with van der Waals surface area (Å²) in [5.41, 5.74) is 0.0480. The first-order valence-electron chi connectivity index (χ1n) is 9.86. The zero-order chi connectivity index (χ0) is 22.0. The highest BCUT2D eigenvalue weighted by Gasteiger charge is 2.52. The van der Waals surface area contributed by atoms with Crippen LogP contribution < -0.4 is 4.90 Å². The number of benzene rings is 2. The van der Waals surface area contributed by atoms with Gasteiger partial charge >= 0.3 is 6.18 Å². The average molecular weight is 428 g/mol. The van der Waals surface area contributed by atoms with Gasteiger partial charge in [-0.25, -0.2) is 0 Å². The maximum absolute atomic E-state index is 13.4. The van der Waals surface area contributed by atoms with Gasteiger partial charge in [0.15, 0.2) is 5.82 Å². The van der Waals surface area contributed by atoms with Crippen LogP contribution in [0.25, 0.3) is 0 Å². The largest absolute Gasteiger partial charge is 0.416 e. The molecule has 0 spiro atoms. The monoisotopic (exact) mass is 428 g/mol. The number of carbonyl (C=O) groups excluding carboxylic acids is 1. The summed E-state index contributed by atoms with van der Waals surface area (Å²) in [6.45, 7) is -0.147. The van der Waals surface area contributed by atoms with Gasteiger partial charge in [-0.05, 0) is 48.2 Å². The number of aliphatic hydroxyl groups excluding tert-OH is 1. The summed E-state index contributed by atoms with van der Waals surface area (Å²) >= 11 is 0. The molecule has 1 unspecified atom stereocenters. The Labute approximate surface area is 175 Å². The van der Waals surface area contributed by atoms with E-state index in [1.165, 1.54) is 23.4 Å². The van der Waals surface area contributed by atoms with E-state index in [4.69, 9.17) is 0 Å². The molecule has 1 saturated carbocycles. The Morgan fingerprint density at radius 1 is 1.16 bits per heavy atom. The number of alkyl halides is 3. The number of aryl methyl sites for hydroxylation is 1. The molecule has 6 nitrogen and oxygen atoms in total. The number of carbonyl (C=O) groups is 1. The first-order chi connectivity index (χ1) is 14.7. The van der Waals surface area contributed by atoms with Gasteiger partial charge in [-0.15, -0.1) is 10.2 Å². The van der Waals surface area contributed by atoms with Crippen molar-refractivity contribution < 1.29 is 23.1 Å². The predicted molar refractivity (Wildman–Crippen MR) is 105 cm³/mol. The smallest absolute Gasteiger partial charge is 0.384 e. The maximum atomic E-state index is 13.4. The number of hydrogen-bond acceptors (Lipinski definition) is 4. The Bertz CT molecular complexity index is 1180. The van der Waals surface area contributed by atoms with Crippen LogP contribution >= 0.6 is 0 Å². The normalized spacial score (nSPS) is 18.2. The Morgan fingerprint density at radius 3 is 2.55 bits per heavy atom. The first kappa shape index (κ1) is 19.7. The number of halogens is 3. The fourth-order valence-corrected chi connectivity index (χ4v) is 4.43. The maximum Gasteiger partial charge on any atom is 0.416 e. The second-order valence-corrected chi connectivity index (χ2v) is 8.13. The molecule has 9 heteroatoms. The molecule has 5 rings (SSSR count). The lowest BCUT2D eigenvalue weighted by atomic mass is 9.89. The summed E-state index contributed by atoms with van der Waals surface area (Å²) in [5.74, 6) is -0.0145. The van der Waals surface area contributed by atoms with Crippen molar-refractivity contribution in [1.29, 1.82) is 0 Å². The fourth-order valence-electron chi connectivity index (χ4n) is 4.43. The van der Waals surface area contributed by atoms with Crippen molar-refractivity contribution in [2.75, 3.05) is 4.90 Å². The zero-order valence-corrected chi connectivity index (χ0v) is 16.6. The number of hydrogen-bond donors (Lipinski definition) is 1. The van der Waals surface area contributed by atoms with Crippen molar-refractivity contribution in [1.82, 2.24) is 14.8 Å². The standard InChI is InChI=1S/C22H19F3N4O2/c1-28-12-26-27-19(28)18(30)21(8-9-21)13-4-2-5-14(10-13)29-11-16-15(20(29)31)6-3-7-17(16)22(23,24)25/h2-7,10,12,18,30H,8-9,11H2,1H3. The lowest BCUT2D eigenvalue weighted by molar-refractivity contribution is -0.138. The van der Waals surface area contributed by atoms with Gasteiger partial charge in [-0.3, -0.25) is 4.79 Å². The molecule has 0 saturated heterocycles. The summed E-state index contributed by atoms with van der Waals surface area (Å²) in [5, 5.41) is 18.8. The SMILES string of the molecule is Cn1cnnc1C(O)C1(c2cccc(N3Cc4c(cccc4C(F)(F)F)C3=O)c2)CC1. The van der Waals surface area contributed by atoms with Crippen LogP contribution in [0.4, 0.5) is 18.9 Å². The first-order valence-corrected chi connectivity index (χ1v) is 9.86. The number of rotatable bonds is 4. The van der Waals surface area contributed by atoms with Crippen molar-refractivity contribution in [3.05, 3.63) is 76.9 Å².